The van der Waals surface area contributed by atoms with Crippen LogP contribution in [0.1, 0.15) is 111 Å². The summed E-state index contributed by atoms with van der Waals surface area (Å²) in [5.41, 5.74) is 1.37. The molecule has 50 heavy (non-hydrogen) atoms. The smallest absolute Gasteiger partial charge is 0.330 e. The summed E-state index contributed by atoms with van der Waals surface area (Å²) in [4.78, 5) is 26.2. The molecule has 10 unspecified atom stereocenters. The van der Waals surface area contributed by atoms with Gasteiger partial charge in [0.2, 0.25) is 0 Å². The van der Waals surface area contributed by atoms with Crippen molar-refractivity contribution in [3.63, 3.8) is 0 Å². The highest BCUT2D eigenvalue weighted by atomic mass is 16.5. The van der Waals surface area contributed by atoms with E-state index in [1.165, 1.54) is 11.6 Å². The average molecular weight is 691 g/mol. The van der Waals surface area contributed by atoms with Crippen LogP contribution >= 0.6 is 0 Å². The van der Waals surface area contributed by atoms with E-state index in [1.807, 2.05) is 24.3 Å². The molecule has 7 nitrogen and oxygen atoms in total. The third-order valence-electron chi connectivity index (χ3n) is 15.8. The van der Waals surface area contributed by atoms with Crippen LogP contribution in [0.15, 0.2) is 42.0 Å². The van der Waals surface area contributed by atoms with Gasteiger partial charge in [-0.05, 0) is 139 Å². The van der Waals surface area contributed by atoms with Crippen LogP contribution in [-0.2, 0) is 19.1 Å². The first-order chi connectivity index (χ1) is 23.5. The summed E-state index contributed by atoms with van der Waals surface area (Å²) in [6, 6.07) is 7.45. The van der Waals surface area contributed by atoms with Crippen LogP contribution < -0.4 is 4.74 Å². The van der Waals surface area contributed by atoms with Gasteiger partial charge in [-0.15, -0.1) is 0 Å². The lowest BCUT2D eigenvalue weighted by atomic mass is 9.33. The molecule has 1 aromatic carbocycles. The zero-order valence-electron chi connectivity index (χ0n) is 31.8. The minimum atomic E-state index is -0.611. The molecule has 0 radical (unpaired) electrons. The molecule has 0 aliphatic heterocycles. The van der Waals surface area contributed by atoms with E-state index >= 15 is 0 Å². The quantitative estimate of drug-likeness (QED) is 0.161. The molecule has 4 saturated carbocycles. The summed E-state index contributed by atoms with van der Waals surface area (Å²) in [5.74, 6) is 0.886. The predicted molar refractivity (Wildman–Crippen MR) is 195 cm³/mol. The number of allylic oxidation sites excluding steroid dienone is 2. The molecule has 0 aromatic heterocycles. The Hall–Kier alpha value is -2.64. The van der Waals surface area contributed by atoms with Crippen molar-refractivity contribution in [2.45, 2.75) is 112 Å². The number of carbonyl (C=O) groups excluding carboxylic acids is 2. The lowest BCUT2D eigenvalue weighted by Crippen LogP contribution is -2.67. The third kappa shape index (κ3) is 5.68. The Labute approximate surface area is 300 Å². The normalized spacial score (nSPS) is 41.9. The van der Waals surface area contributed by atoms with Gasteiger partial charge in [0.1, 0.15) is 5.75 Å². The largest absolute Gasteiger partial charge is 0.497 e. The Morgan fingerprint density at radius 2 is 1.62 bits per heavy atom. The number of rotatable bonds is 8. The van der Waals surface area contributed by atoms with Crippen LogP contribution in [0.2, 0.25) is 0 Å². The molecule has 4 fully saturated rings. The van der Waals surface area contributed by atoms with E-state index in [9.17, 15) is 19.8 Å². The van der Waals surface area contributed by atoms with E-state index in [2.05, 4.69) is 47.6 Å². The van der Waals surface area contributed by atoms with Crippen molar-refractivity contribution >= 4 is 18.0 Å². The third-order valence-corrected chi connectivity index (χ3v) is 15.8. The number of aliphatic hydroxyl groups excluding tert-OH is 2. The van der Waals surface area contributed by atoms with Crippen LogP contribution in [0, 0.1) is 56.2 Å². The van der Waals surface area contributed by atoms with Crippen LogP contribution in [-0.4, -0.2) is 55.7 Å². The molecule has 1 aromatic rings. The Morgan fingerprint density at radius 3 is 2.28 bits per heavy atom. The number of methoxy groups -OCH3 is 2. The van der Waals surface area contributed by atoms with Crippen molar-refractivity contribution in [2.24, 2.45) is 56.2 Å². The maximum atomic E-state index is 13.6. The molecule has 0 amide bonds. The van der Waals surface area contributed by atoms with Crippen LogP contribution in [0.25, 0.3) is 6.08 Å². The van der Waals surface area contributed by atoms with Crippen LogP contribution in [0.5, 0.6) is 5.75 Å². The SMILES string of the molecule is COC(=O)C12CCC(C)(C)CC1C1=CCC3C4(C)CC(O)C(CCOC(=O)C=Cc5ccc(OC)cc5)C(C)(CO)C4CCC3(C)C1(C)CC2. The molecule has 2 N–H and O–H groups in total. The molecule has 5 aliphatic carbocycles. The van der Waals surface area contributed by atoms with E-state index < -0.39 is 22.9 Å². The van der Waals surface area contributed by atoms with E-state index in [-0.39, 0.29) is 58.6 Å². The molecule has 0 saturated heterocycles. The van der Waals surface area contributed by atoms with Gasteiger partial charge in [-0.2, -0.15) is 0 Å². The summed E-state index contributed by atoms with van der Waals surface area (Å²) in [5, 5.41) is 23.1. The maximum absolute atomic E-state index is 13.6. The Bertz CT molecular complexity index is 1510. The lowest BCUT2D eigenvalue weighted by Gasteiger charge is -2.72. The second-order valence-electron chi connectivity index (χ2n) is 18.5. The molecular weight excluding hydrogens is 628 g/mol. The minimum absolute atomic E-state index is 0.000868. The summed E-state index contributed by atoms with van der Waals surface area (Å²) >= 11 is 0. The summed E-state index contributed by atoms with van der Waals surface area (Å²) in [7, 11) is 3.17. The molecule has 5 aliphatic rings. The highest BCUT2D eigenvalue weighted by molar-refractivity contribution is 5.87. The van der Waals surface area contributed by atoms with Gasteiger partial charge in [0.15, 0.2) is 0 Å². The lowest BCUT2D eigenvalue weighted by molar-refractivity contribution is -0.230. The minimum Gasteiger partial charge on any atom is -0.497 e. The summed E-state index contributed by atoms with van der Waals surface area (Å²) in [6.07, 6.45) is 14.0. The first-order valence-corrected chi connectivity index (χ1v) is 19.1. The molecule has 7 heteroatoms. The number of hydrogen-bond donors (Lipinski definition) is 2. The van der Waals surface area contributed by atoms with Crippen LogP contribution in [0.4, 0.5) is 0 Å². The van der Waals surface area contributed by atoms with Gasteiger partial charge in [-0.1, -0.05) is 65.3 Å². The Morgan fingerprint density at radius 1 is 0.920 bits per heavy atom. The molecule has 276 valence electrons. The topological polar surface area (TPSA) is 102 Å². The number of esters is 2. The van der Waals surface area contributed by atoms with E-state index in [0.29, 0.717) is 18.8 Å². The number of fused-ring (bicyclic) bond motifs is 7. The zero-order chi connectivity index (χ0) is 36.3. The van der Waals surface area contributed by atoms with Gasteiger partial charge >= 0.3 is 11.9 Å². The van der Waals surface area contributed by atoms with Crippen molar-refractivity contribution in [2.75, 3.05) is 27.4 Å². The fourth-order valence-corrected chi connectivity index (χ4v) is 12.8. The Kier molecular flexibility index (Phi) is 9.72. The van der Waals surface area contributed by atoms with Crippen molar-refractivity contribution in [1.29, 1.82) is 0 Å². The average Bonchev–Trinajstić information content (AvgIpc) is 3.08. The van der Waals surface area contributed by atoms with Gasteiger partial charge < -0.3 is 24.4 Å². The fourth-order valence-electron chi connectivity index (χ4n) is 12.8. The second kappa shape index (κ2) is 13.1. The molecular formula is C43H62O7. The van der Waals surface area contributed by atoms with Crippen molar-refractivity contribution in [3.8, 4) is 5.75 Å². The molecule has 6 rings (SSSR count). The molecule has 0 heterocycles. The van der Waals surface area contributed by atoms with Gasteiger partial charge in [0, 0.05) is 12.7 Å². The van der Waals surface area contributed by atoms with Gasteiger partial charge in [0.25, 0.3) is 0 Å². The Balaban J connectivity index is 1.22. The molecule has 0 spiro atoms. The first kappa shape index (κ1) is 37.1. The van der Waals surface area contributed by atoms with Crippen LogP contribution in [0.3, 0.4) is 0 Å². The van der Waals surface area contributed by atoms with Crippen molar-refractivity contribution in [3.05, 3.63) is 47.6 Å². The van der Waals surface area contributed by atoms with E-state index in [4.69, 9.17) is 14.2 Å². The number of carbonyl (C=O) groups is 2. The van der Waals surface area contributed by atoms with E-state index in [0.717, 1.165) is 62.7 Å². The van der Waals surface area contributed by atoms with Gasteiger partial charge in [-0.25, -0.2) is 4.79 Å². The van der Waals surface area contributed by atoms with Gasteiger partial charge in [-0.3, -0.25) is 4.79 Å². The highest BCUT2D eigenvalue weighted by Crippen LogP contribution is 2.76. The highest BCUT2D eigenvalue weighted by Gasteiger charge is 2.70. The monoisotopic (exact) mass is 690 g/mol. The van der Waals surface area contributed by atoms with Gasteiger partial charge in [0.05, 0.1) is 32.3 Å². The number of benzene rings is 1. The van der Waals surface area contributed by atoms with E-state index in [1.54, 1.807) is 20.3 Å². The number of ether oxygens (including phenoxy) is 3. The van der Waals surface area contributed by atoms with Crippen molar-refractivity contribution in [1.82, 2.24) is 0 Å². The zero-order valence-corrected chi connectivity index (χ0v) is 31.8. The standard InChI is InChI=1S/C43H62O7/c1-38(2)20-22-43(37(47)49-8)23-21-41(5)30(32(43)25-38)14-15-35-39(3)26-33(45)31(40(4,27-44)34(39)17-19-42(35,41)6)18-24-50-36(46)16-11-28-9-12-29(48-7)13-10-28/h9-14,16,31-35,44-45H,15,17-27H2,1-8H3. The van der Waals surface area contributed by atoms with Crippen molar-refractivity contribution < 1.29 is 34.0 Å². The summed E-state index contributed by atoms with van der Waals surface area (Å²) < 4.78 is 16.4. The first-order valence-electron chi connectivity index (χ1n) is 19.1. The predicted octanol–water partition coefficient (Wildman–Crippen LogP) is 8.18. The number of hydrogen-bond acceptors (Lipinski definition) is 7. The number of aliphatic hydroxyl groups is 2. The summed E-state index contributed by atoms with van der Waals surface area (Å²) in [6.45, 7) is 14.5. The molecule has 0 bridgehead atoms. The molecule has 10 atom stereocenters. The fraction of sp³-hybridized carbons (Fsp3) is 0.721. The second-order valence-corrected chi connectivity index (χ2v) is 18.5. The maximum Gasteiger partial charge on any atom is 0.330 e.